The van der Waals surface area contributed by atoms with E-state index in [1.807, 2.05) is 0 Å². The number of hydrogen-bond acceptors (Lipinski definition) is 5. The van der Waals surface area contributed by atoms with Gasteiger partial charge in [-0.2, -0.15) is 4.98 Å². The highest BCUT2D eigenvalue weighted by Gasteiger charge is 2.28. The predicted octanol–water partition coefficient (Wildman–Crippen LogP) is 1.78. The van der Waals surface area contributed by atoms with E-state index in [0.29, 0.717) is 30.6 Å². The molecule has 2 N–H and O–H groups in total. The van der Waals surface area contributed by atoms with Gasteiger partial charge in [-0.25, -0.2) is 0 Å². The number of aryl methyl sites for hydroxylation is 1. The van der Waals surface area contributed by atoms with Crippen molar-refractivity contribution < 1.29 is 9.32 Å². The highest BCUT2D eigenvalue weighted by atomic mass is 16.5. The topological polar surface area (TPSA) is 80.0 Å². The van der Waals surface area contributed by atoms with Gasteiger partial charge in [-0.15, -0.1) is 0 Å². The molecule has 2 aliphatic rings. The maximum Gasteiger partial charge on any atom is 0.226 e. The lowest BCUT2D eigenvalue weighted by atomic mass is 9.96. The third-order valence-corrected chi connectivity index (χ3v) is 4.49. The molecule has 6 heteroatoms. The van der Waals surface area contributed by atoms with Crippen molar-refractivity contribution >= 4 is 5.91 Å². The zero-order chi connectivity index (χ0) is 15.2. The van der Waals surface area contributed by atoms with E-state index in [1.54, 1.807) is 0 Å². The first-order valence-corrected chi connectivity index (χ1v) is 8.61. The average molecular weight is 306 g/mol. The van der Waals surface area contributed by atoms with E-state index in [9.17, 15) is 4.79 Å². The zero-order valence-electron chi connectivity index (χ0n) is 13.1. The van der Waals surface area contributed by atoms with Gasteiger partial charge in [0.15, 0.2) is 5.82 Å². The minimum absolute atomic E-state index is 0.130. The molecule has 1 atom stereocenters. The Kier molecular flexibility index (Phi) is 5.43. The van der Waals surface area contributed by atoms with Crippen molar-refractivity contribution in [1.29, 1.82) is 0 Å². The Morgan fingerprint density at radius 1 is 1.36 bits per heavy atom. The van der Waals surface area contributed by atoms with Crippen LogP contribution in [0.2, 0.25) is 0 Å². The van der Waals surface area contributed by atoms with Crippen molar-refractivity contribution in [3.05, 3.63) is 11.7 Å². The molecule has 0 radical (unpaired) electrons. The van der Waals surface area contributed by atoms with E-state index in [2.05, 4.69) is 20.8 Å². The maximum atomic E-state index is 11.8. The van der Waals surface area contributed by atoms with Gasteiger partial charge in [0.1, 0.15) is 0 Å². The van der Waals surface area contributed by atoms with Crippen LogP contribution < -0.4 is 10.6 Å². The normalized spacial score (nSPS) is 21.7. The highest BCUT2D eigenvalue weighted by molar-refractivity contribution is 5.75. The number of carbonyl (C=O) groups excluding carboxylic acids is 1. The Hall–Kier alpha value is -1.43. The molecule has 22 heavy (non-hydrogen) atoms. The minimum atomic E-state index is 0.130. The zero-order valence-corrected chi connectivity index (χ0v) is 13.1. The Labute approximate surface area is 131 Å². The molecular formula is C16H26N4O2. The molecule has 1 saturated heterocycles. The fourth-order valence-electron chi connectivity index (χ4n) is 2.95. The van der Waals surface area contributed by atoms with E-state index < -0.39 is 0 Å². The summed E-state index contributed by atoms with van der Waals surface area (Å²) in [5.41, 5.74) is 0. The van der Waals surface area contributed by atoms with Crippen LogP contribution in [0.4, 0.5) is 0 Å². The Morgan fingerprint density at radius 2 is 2.27 bits per heavy atom. The quantitative estimate of drug-likeness (QED) is 0.765. The molecule has 122 valence electrons. The molecule has 2 fully saturated rings. The van der Waals surface area contributed by atoms with Crippen LogP contribution in [0.3, 0.4) is 0 Å². The van der Waals surface area contributed by atoms with Gasteiger partial charge in [0, 0.05) is 25.3 Å². The largest absolute Gasteiger partial charge is 0.356 e. The molecule has 1 aliphatic carbocycles. The average Bonchev–Trinajstić information content (AvgIpc) is 3.28. The summed E-state index contributed by atoms with van der Waals surface area (Å²) in [6.45, 7) is 3.02. The molecule has 0 aromatic carbocycles. The summed E-state index contributed by atoms with van der Waals surface area (Å²) >= 11 is 0. The van der Waals surface area contributed by atoms with Crippen LogP contribution in [0.1, 0.15) is 62.6 Å². The monoisotopic (exact) mass is 306 g/mol. The number of amides is 1. The number of nitrogens with zero attached hydrogens (tertiary/aromatic N) is 2. The highest BCUT2D eigenvalue weighted by Crippen LogP contribution is 2.38. The van der Waals surface area contributed by atoms with Gasteiger partial charge in [-0.05, 0) is 57.5 Å². The van der Waals surface area contributed by atoms with E-state index in [1.165, 1.54) is 25.7 Å². The molecule has 0 bridgehead atoms. The van der Waals surface area contributed by atoms with E-state index >= 15 is 0 Å². The summed E-state index contributed by atoms with van der Waals surface area (Å²) in [6, 6.07) is 0. The van der Waals surface area contributed by atoms with Crippen molar-refractivity contribution in [3.8, 4) is 0 Å². The summed E-state index contributed by atoms with van der Waals surface area (Å²) in [7, 11) is 0. The fraction of sp³-hybridized carbons (Fsp3) is 0.812. The maximum absolute atomic E-state index is 11.8. The first-order chi connectivity index (χ1) is 10.8. The third kappa shape index (κ3) is 4.80. The van der Waals surface area contributed by atoms with Gasteiger partial charge >= 0.3 is 0 Å². The third-order valence-electron chi connectivity index (χ3n) is 4.49. The smallest absolute Gasteiger partial charge is 0.226 e. The van der Waals surface area contributed by atoms with Crippen molar-refractivity contribution in [3.63, 3.8) is 0 Å². The van der Waals surface area contributed by atoms with Crippen LogP contribution in [0.25, 0.3) is 0 Å². The molecule has 1 unspecified atom stereocenters. The van der Waals surface area contributed by atoms with Gasteiger partial charge in [0.2, 0.25) is 11.8 Å². The summed E-state index contributed by atoms with van der Waals surface area (Å²) in [5.74, 6) is 2.89. The fourth-order valence-corrected chi connectivity index (χ4v) is 2.95. The SMILES string of the molecule is O=C(CCCc1nc(C2CC2)no1)NCCC1CCCNC1. The minimum Gasteiger partial charge on any atom is -0.356 e. The Morgan fingerprint density at radius 3 is 3.05 bits per heavy atom. The number of aromatic nitrogens is 2. The lowest BCUT2D eigenvalue weighted by molar-refractivity contribution is -0.121. The lowest BCUT2D eigenvalue weighted by Gasteiger charge is -2.22. The summed E-state index contributed by atoms with van der Waals surface area (Å²) in [4.78, 5) is 16.2. The second-order valence-electron chi connectivity index (χ2n) is 6.53. The second kappa shape index (κ2) is 7.72. The van der Waals surface area contributed by atoms with Gasteiger partial charge in [-0.3, -0.25) is 4.79 Å². The molecule has 1 aromatic heterocycles. The van der Waals surface area contributed by atoms with Crippen LogP contribution in [0, 0.1) is 5.92 Å². The van der Waals surface area contributed by atoms with Gasteiger partial charge in [-0.1, -0.05) is 5.16 Å². The van der Waals surface area contributed by atoms with Crippen molar-refractivity contribution in [1.82, 2.24) is 20.8 Å². The second-order valence-corrected chi connectivity index (χ2v) is 6.53. The van der Waals surface area contributed by atoms with Crippen LogP contribution in [0.5, 0.6) is 0 Å². The standard InChI is InChI=1S/C16H26N4O2/c21-14(18-10-8-12-3-2-9-17-11-12)4-1-5-15-19-16(20-22-15)13-6-7-13/h12-13,17H,1-11H2,(H,18,21). The van der Waals surface area contributed by atoms with E-state index in [4.69, 9.17) is 4.52 Å². The first-order valence-electron chi connectivity index (χ1n) is 8.61. The van der Waals surface area contributed by atoms with Crippen molar-refractivity contribution in [2.75, 3.05) is 19.6 Å². The number of rotatable bonds is 8. The van der Waals surface area contributed by atoms with E-state index in [0.717, 1.165) is 38.3 Å². The molecule has 2 heterocycles. The van der Waals surface area contributed by atoms with Crippen molar-refractivity contribution in [2.45, 2.75) is 57.3 Å². The van der Waals surface area contributed by atoms with Crippen LogP contribution in [0.15, 0.2) is 4.52 Å². The summed E-state index contributed by atoms with van der Waals surface area (Å²) in [5, 5.41) is 10.4. The molecule has 0 spiro atoms. The molecule has 6 nitrogen and oxygen atoms in total. The van der Waals surface area contributed by atoms with Crippen LogP contribution >= 0.6 is 0 Å². The number of carbonyl (C=O) groups is 1. The molecule has 1 amide bonds. The molecule has 1 saturated carbocycles. The van der Waals surface area contributed by atoms with Gasteiger partial charge < -0.3 is 15.2 Å². The molecule has 3 rings (SSSR count). The number of nitrogens with one attached hydrogen (secondary N) is 2. The number of piperidine rings is 1. The summed E-state index contributed by atoms with van der Waals surface area (Å²) in [6.07, 6.45) is 7.96. The van der Waals surface area contributed by atoms with E-state index in [-0.39, 0.29) is 5.91 Å². The Bertz CT molecular complexity index is 478. The predicted molar refractivity (Wildman–Crippen MR) is 82.4 cm³/mol. The Balaban J connectivity index is 1.25. The van der Waals surface area contributed by atoms with Gasteiger partial charge in [0.05, 0.1) is 0 Å². The molecule has 1 aliphatic heterocycles. The lowest BCUT2D eigenvalue weighted by Crippen LogP contribution is -2.33. The van der Waals surface area contributed by atoms with Gasteiger partial charge in [0.25, 0.3) is 0 Å². The summed E-state index contributed by atoms with van der Waals surface area (Å²) < 4.78 is 5.21. The van der Waals surface area contributed by atoms with Crippen molar-refractivity contribution in [2.24, 2.45) is 5.92 Å². The van der Waals surface area contributed by atoms with Crippen LogP contribution in [-0.2, 0) is 11.2 Å². The number of hydrogen-bond donors (Lipinski definition) is 2. The molecular weight excluding hydrogens is 280 g/mol. The van der Waals surface area contributed by atoms with Crippen LogP contribution in [-0.4, -0.2) is 35.7 Å². The first kappa shape index (κ1) is 15.5. The molecule has 1 aromatic rings.